The molecule has 0 bridgehead atoms. The van der Waals surface area contributed by atoms with Gasteiger partial charge in [-0.1, -0.05) is 6.92 Å². The molecule has 0 aliphatic heterocycles. The molecule has 0 aliphatic carbocycles. The van der Waals surface area contributed by atoms with E-state index in [4.69, 9.17) is 16.3 Å². The first-order valence-corrected chi connectivity index (χ1v) is 11.3. The zero-order valence-corrected chi connectivity index (χ0v) is 20.6. The fourth-order valence-electron chi connectivity index (χ4n) is 3.10. The molecule has 0 unspecified atom stereocenters. The third-order valence-electron chi connectivity index (χ3n) is 4.69. The topological polar surface area (TPSA) is 106 Å². The minimum Gasteiger partial charge on any atom is -0.462 e. The molecule has 2 amide bonds. The molecule has 0 saturated heterocycles. The molecule has 0 aliphatic rings. The first-order valence-electron chi connectivity index (χ1n) is 10.1. The van der Waals surface area contributed by atoms with E-state index >= 15 is 0 Å². The molecule has 13 heteroatoms. The number of amides is 2. The van der Waals surface area contributed by atoms with Gasteiger partial charge in [0.05, 0.1) is 17.0 Å². The number of aryl methyl sites for hydroxylation is 1. The Kier molecular flexibility index (Phi) is 7.22. The maximum atomic E-state index is 13.8. The third kappa shape index (κ3) is 5.02. The Hall–Kier alpha value is -3.12. The van der Waals surface area contributed by atoms with Crippen LogP contribution < -0.4 is 5.32 Å². The van der Waals surface area contributed by atoms with Crippen molar-refractivity contribution < 1.29 is 27.9 Å². The number of anilines is 1. The molecular weight excluding hydrogens is 492 g/mol. The second-order valence-corrected chi connectivity index (χ2v) is 9.13. The van der Waals surface area contributed by atoms with Crippen molar-refractivity contribution in [2.75, 3.05) is 26.0 Å². The fraction of sp³-hybridized carbons (Fsp3) is 0.381. The van der Waals surface area contributed by atoms with Gasteiger partial charge in [0.2, 0.25) is 0 Å². The Labute approximate surface area is 202 Å². The molecule has 3 aromatic rings. The summed E-state index contributed by atoms with van der Waals surface area (Å²) in [6, 6.07) is 2.29. The Balaban J connectivity index is 2.04. The lowest BCUT2D eigenvalue weighted by Gasteiger charge is -2.10. The van der Waals surface area contributed by atoms with Gasteiger partial charge in [-0.25, -0.2) is 14.3 Å². The third-order valence-corrected chi connectivity index (χ3v) is 6.08. The maximum Gasteiger partial charge on any atom is 0.364 e. The number of halogens is 3. The van der Waals surface area contributed by atoms with E-state index in [1.54, 1.807) is 21.0 Å². The van der Waals surface area contributed by atoms with E-state index in [2.05, 4.69) is 15.4 Å². The van der Waals surface area contributed by atoms with Gasteiger partial charge in [0.25, 0.3) is 11.8 Å². The quantitative estimate of drug-likeness (QED) is 0.374. The molecule has 1 N–H and O–H groups in total. The van der Waals surface area contributed by atoms with Gasteiger partial charge >= 0.3 is 11.4 Å². The van der Waals surface area contributed by atoms with Crippen LogP contribution in [-0.4, -0.2) is 58.0 Å². The molecule has 9 nitrogen and oxygen atoms in total. The summed E-state index contributed by atoms with van der Waals surface area (Å²) in [4.78, 5) is 43.9. The summed E-state index contributed by atoms with van der Waals surface area (Å²) in [5.74, 6) is -1.84. The summed E-state index contributed by atoms with van der Waals surface area (Å²) in [6.07, 6.45) is 0.585. The van der Waals surface area contributed by atoms with Gasteiger partial charge in [0.1, 0.15) is 10.7 Å². The first-order chi connectivity index (χ1) is 15.8. The monoisotopic (exact) mass is 513 g/mol. The lowest BCUT2D eigenvalue weighted by atomic mass is 10.1. The molecular formula is C21H22ClF2N5O4S. The Bertz CT molecular complexity index is 1280. The van der Waals surface area contributed by atoms with Gasteiger partial charge in [-0.2, -0.15) is 13.9 Å². The molecule has 34 heavy (non-hydrogen) atoms. The van der Waals surface area contributed by atoms with Gasteiger partial charge < -0.3 is 15.0 Å². The molecule has 0 spiro atoms. The SMILES string of the molecule is CCCOC(=O)c1c(NC(=O)c2cc3nc(C)cc(C(F)(F)Cl)n3n2)sc(C(=O)N(C)C)c1C. The number of nitrogens with zero attached hydrogens (tertiary/aromatic N) is 4. The van der Waals surface area contributed by atoms with Crippen LogP contribution in [0.5, 0.6) is 0 Å². The van der Waals surface area contributed by atoms with Crippen LogP contribution in [0.3, 0.4) is 0 Å². The van der Waals surface area contributed by atoms with Crippen molar-refractivity contribution in [3.63, 3.8) is 0 Å². The molecule has 3 aromatic heterocycles. The number of thiophene rings is 1. The van der Waals surface area contributed by atoms with Crippen LogP contribution in [0.2, 0.25) is 0 Å². The van der Waals surface area contributed by atoms with Crippen LogP contribution in [0.15, 0.2) is 12.1 Å². The minimum atomic E-state index is -3.74. The fourth-order valence-corrected chi connectivity index (χ4v) is 4.45. The van der Waals surface area contributed by atoms with E-state index in [9.17, 15) is 23.2 Å². The number of rotatable bonds is 7. The molecule has 0 fully saturated rings. The number of aromatic nitrogens is 3. The highest BCUT2D eigenvalue weighted by Crippen LogP contribution is 2.35. The number of hydrogen-bond donors (Lipinski definition) is 1. The Morgan fingerprint density at radius 2 is 1.94 bits per heavy atom. The highest BCUT2D eigenvalue weighted by Gasteiger charge is 2.33. The van der Waals surface area contributed by atoms with Gasteiger partial charge in [-0.05, 0) is 43.5 Å². The lowest BCUT2D eigenvalue weighted by Crippen LogP contribution is -2.21. The maximum absolute atomic E-state index is 13.8. The summed E-state index contributed by atoms with van der Waals surface area (Å²) in [6.45, 7) is 5.07. The molecule has 0 saturated carbocycles. The number of carbonyl (C=O) groups is 3. The van der Waals surface area contributed by atoms with Crippen molar-refractivity contribution in [2.45, 2.75) is 32.6 Å². The van der Waals surface area contributed by atoms with Crippen molar-refractivity contribution in [1.29, 1.82) is 0 Å². The van der Waals surface area contributed by atoms with E-state index in [1.807, 2.05) is 6.92 Å². The summed E-state index contributed by atoms with van der Waals surface area (Å²) in [7, 11) is 3.12. The highest BCUT2D eigenvalue weighted by atomic mass is 35.5. The molecule has 3 heterocycles. The number of hydrogen-bond acceptors (Lipinski definition) is 7. The van der Waals surface area contributed by atoms with Gasteiger partial charge in [-0.3, -0.25) is 9.59 Å². The van der Waals surface area contributed by atoms with E-state index in [0.717, 1.165) is 21.9 Å². The number of esters is 1. The molecule has 0 aromatic carbocycles. The molecule has 0 radical (unpaired) electrons. The Morgan fingerprint density at radius 1 is 1.26 bits per heavy atom. The van der Waals surface area contributed by atoms with E-state index in [1.165, 1.54) is 17.9 Å². The minimum absolute atomic E-state index is 0.00566. The first kappa shape index (κ1) is 25.5. The van der Waals surface area contributed by atoms with Crippen molar-refractivity contribution in [3.05, 3.63) is 45.2 Å². The largest absolute Gasteiger partial charge is 0.462 e. The second kappa shape index (κ2) is 9.63. The van der Waals surface area contributed by atoms with Gasteiger partial charge in [0, 0.05) is 25.9 Å². The smallest absolute Gasteiger partial charge is 0.364 e. The molecule has 0 atom stereocenters. The average molecular weight is 514 g/mol. The zero-order valence-electron chi connectivity index (χ0n) is 19.0. The highest BCUT2D eigenvalue weighted by molar-refractivity contribution is 7.18. The lowest BCUT2D eigenvalue weighted by molar-refractivity contribution is 0.0506. The predicted molar refractivity (Wildman–Crippen MR) is 123 cm³/mol. The zero-order chi connectivity index (χ0) is 25.4. The second-order valence-electron chi connectivity index (χ2n) is 7.63. The van der Waals surface area contributed by atoms with E-state index in [0.29, 0.717) is 12.0 Å². The standard InChI is InChI=1S/C21H22ClF2N5O4S/c1-6-7-33-20(32)15-11(3)16(19(31)28(4)5)34-18(15)26-17(30)12-9-14-25-10(2)8-13(21(22,23)24)29(14)27-12/h8-9H,6-7H2,1-5H3,(H,26,30). The van der Waals surface area contributed by atoms with Gasteiger partial charge in [0.15, 0.2) is 11.3 Å². The van der Waals surface area contributed by atoms with Crippen molar-refractivity contribution >= 4 is 51.4 Å². The number of carbonyl (C=O) groups excluding carboxylic acids is 3. The van der Waals surface area contributed by atoms with Crippen LogP contribution >= 0.6 is 22.9 Å². The summed E-state index contributed by atoms with van der Waals surface area (Å²) in [5.41, 5.74) is -0.227. The van der Waals surface area contributed by atoms with Crippen LogP contribution in [0, 0.1) is 13.8 Å². The van der Waals surface area contributed by atoms with Gasteiger partial charge in [-0.15, -0.1) is 11.3 Å². The van der Waals surface area contributed by atoms with E-state index < -0.39 is 23.0 Å². The summed E-state index contributed by atoms with van der Waals surface area (Å²) >= 11 is 6.10. The van der Waals surface area contributed by atoms with E-state index in [-0.39, 0.29) is 45.0 Å². The number of alkyl halides is 3. The summed E-state index contributed by atoms with van der Waals surface area (Å²) in [5, 5.41) is 2.82. The molecule has 3 rings (SSSR count). The van der Waals surface area contributed by atoms with Crippen LogP contribution in [0.4, 0.5) is 13.8 Å². The summed E-state index contributed by atoms with van der Waals surface area (Å²) < 4.78 is 33.7. The van der Waals surface area contributed by atoms with Crippen LogP contribution in [0.25, 0.3) is 5.65 Å². The van der Waals surface area contributed by atoms with Crippen molar-refractivity contribution in [1.82, 2.24) is 19.5 Å². The number of fused-ring (bicyclic) bond motifs is 1. The average Bonchev–Trinajstić information content (AvgIpc) is 3.31. The van der Waals surface area contributed by atoms with Crippen LogP contribution in [-0.2, 0) is 10.1 Å². The Morgan fingerprint density at radius 3 is 2.53 bits per heavy atom. The number of ether oxygens (including phenoxy) is 1. The van der Waals surface area contributed by atoms with Crippen molar-refractivity contribution in [2.24, 2.45) is 0 Å². The normalized spacial score (nSPS) is 11.5. The number of nitrogens with one attached hydrogen (secondary N) is 1. The predicted octanol–water partition coefficient (Wildman–Crippen LogP) is 4.22. The van der Waals surface area contributed by atoms with Crippen LogP contribution in [0.1, 0.15) is 60.8 Å². The molecule has 182 valence electrons. The van der Waals surface area contributed by atoms with Crippen molar-refractivity contribution in [3.8, 4) is 0 Å².